The van der Waals surface area contributed by atoms with Crippen molar-refractivity contribution in [3.8, 4) is 5.75 Å². The van der Waals surface area contributed by atoms with Gasteiger partial charge in [-0.15, -0.1) is 0 Å². The van der Waals surface area contributed by atoms with E-state index in [1.165, 1.54) is 0 Å². The molecular weight excluding hydrogens is 330 g/mol. The molecule has 0 bridgehead atoms. The molecule has 0 saturated heterocycles. The first kappa shape index (κ1) is 16.7. The molecule has 1 fully saturated rings. The number of aliphatic hydroxyl groups is 1. The van der Waals surface area contributed by atoms with Gasteiger partial charge >= 0.3 is 6.18 Å². The van der Waals surface area contributed by atoms with E-state index in [2.05, 4.69) is 5.32 Å². The van der Waals surface area contributed by atoms with Crippen molar-refractivity contribution in [1.82, 2.24) is 5.32 Å². The van der Waals surface area contributed by atoms with Gasteiger partial charge in [0.1, 0.15) is 18.2 Å². The number of para-hydroxylation sites is 1. The predicted molar refractivity (Wildman–Crippen MR) is 74.0 cm³/mol. The zero-order chi connectivity index (χ0) is 15.7. The number of rotatable bonds is 6. The highest BCUT2D eigenvalue weighted by atomic mass is 35.5. The third kappa shape index (κ3) is 3.94. The Labute approximate surface area is 130 Å². The Morgan fingerprint density at radius 2 is 1.86 bits per heavy atom. The second-order valence-electron chi connectivity index (χ2n) is 4.98. The lowest BCUT2D eigenvalue weighted by atomic mass is 10.2. The van der Waals surface area contributed by atoms with Crippen LogP contribution in [0.4, 0.5) is 13.2 Å². The summed E-state index contributed by atoms with van der Waals surface area (Å²) >= 11 is 11.8. The molecule has 0 heterocycles. The van der Waals surface area contributed by atoms with Crippen molar-refractivity contribution in [3.05, 3.63) is 28.2 Å². The van der Waals surface area contributed by atoms with Crippen molar-refractivity contribution in [2.75, 3.05) is 13.2 Å². The fraction of sp³-hybridized carbons (Fsp3) is 0.538. The normalized spacial score (nSPS) is 18.4. The molecule has 0 spiro atoms. The largest absolute Gasteiger partial charge is 0.488 e. The van der Waals surface area contributed by atoms with E-state index in [0.29, 0.717) is 0 Å². The van der Waals surface area contributed by atoms with Crippen LogP contribution in [0.2, 0.25) is 10.0 Å². The van der Waals surface area contributed by atoms with E-state index in [9.17, 15) is 18.3 Å². The van der Waals surface area contributed by atoms with E-state index in [-0.39, 0.29) is 41.8 Å². The maximum Gasteiger partial charge on any atom is 0.406 e. The standard InChI is InChI=1S/C13H14Cl2F3NO2/c14-9-2-1-3-10(15)11(9)21-7-8(20)6-19-12(4-5-12)13(16,17)18/h1-3,8,19-20H,4-7H2. The highest BCUT2D eigenvalue weighted by Gasteiger charge is 2.63. The van der Waals surface area contributed by atoms with E-state index in [1.54, 1.807) is 18.2 Å². The Morgan fingerprint density at radius 1 is 1.29 bits per heavy atom. The average molecular weight is 344 g/mol. The van der Waals surface area contributed by atoms with E-state index >= 15 is 0 Å². The Morgan fingerprint density at radius 3 is 2.33 bits per heavy atom. The van der Waals surface area contributed by atoms with Crippen LogP contribution in [0.3, 0.4) is 0 Å². The number of aliphatic hydroxyl groups excluding tert-OH is 1. The summed E-state index contributed by atoms with van der Waals surface area (Å²) in [6.45, 7) is -0.425. The van der Waals surface area contributed by atoms with Crippen molar-refractivity contribution in [1.29, 1.82) is 0 Å². The van der Waals surface area contributed by atoms with Crippen LogP contribution in [0.15, 0.2) is 18.2 Å². The van der Waals surface area contributed by atoms with Crippen molar-refractivity contribution in [2.45, 2.75) is 30.7 Å². The minimum absolute atomic E-state index is 0.0282. The van der Waals surface area contributed by atoms with Crippen LogP contribution >= 0.6 is 23.2 Å². The Kier molecular flexibility index (Phi) is 4.92. The molecule has 1 aromatic carbocycles. The maximum atomic E-state index is 12.7. The molecule has 8 heteroatoms. The summed E-state index contributed by atoms with van der Waals surface area (Å²) in [7, 11) is 0. The van der Waals surface area contributed by atoms with Crippen LogP contribution < -0.4 is 10.1 Å². The first-order chi connectivity index (χ1) is 9.75. The van der Waals surface area contributed by atoms with Gasteiger partial charge in [0.25, 0.3) is 0 Å². The monoisotopic (exact) mass is 343 g/mol. The number of benzene rings is 1. The quantitative estimate of drug-likeness (QED) is 0.831. The van der Waals surface area contributed by atoms with Gasteiger partial charge in [0, 0.05) is 6.54 Å². The molecule has 0 aromatic heterocycles. The molecule has 2 rings (SSSR count). The third-order valence-electron chi connectivity index (χ3n) is 3.31. The van der Waals surface area contributed by atoms with Crippen LogP contribution in [-0.2, 0) is 0 Å². The van der Waals surface area contributed by atoms with Crippen molar-refractivity contribution < 1.29 is 23.0 Å². The van der Waals surface area contributed by atoms with Gasteiger partial charge in [0.15, 0.2) is 5.75 Å². The SMILES string of the molecule is OC(CNC1(C(F)(F)F)CC1)COc1c(Cl)cccc1Cl. The minimum atomic E-state index is -4.31. The molecular formula is C13H14Cl2F3NO2. The average Bonchev–Trinajstić information content (AvgIpc) is 3.16. The van der Waals surface area contributed by atoms with Crippen LogP contribution in [0.1, 0.15) is 12.8 Å². The lowest BCUT2D eigenvalue weighted by molar-refractivity contribution is -0.166. The minimum Gasteiger partial charge on any atom is -0.488 e. The lowest BCUT2D eigenvalue weighted by Gasteiger charge is -2.22. The zero-order valence-electron chi connectivity index (χ0n) is 10.9. The highest BCUT2D eigenvalue weighted by molar-refractivity contribution is 6.37. The van der Waals surface area contributed by atoms with Gasteiger partial charge in [-0.25, -0.2) is 0 Å². The summed E-state index contributed by atoms with van der Waals surface area (Å²) in [4.78, 5) is 0. The van der Waals surface area contributed by atoms with Gasteiger partial charge in [-0.3, -0.25) is 0 Å². The number of nitrogens with one attached hydrogen (secondary N) is 1. The summed E-state index contributed by atoms with van der Waals surface area (Å²) in [6, 6.07) is 4.77. The number of β-amino-alcohol motifs (C(OH)–C–C–N with tert-alkyl or cyclic N) is 1. The topological polar surface area (TPSA) is 41.5 Å². The second kappa shape index (κ2) is 6.20. The molecule has 1 aliphatic carbocycles. The highest BCUT2D eigenvalue weighted by Crippen LogP contribution is 2.48. The maximum absolute atomic E-state index is 12.7. The number of alkyl halides is 3. The van der Waals surface area contributed by atoms with Crippen LogP contribution in [0, 0.1) is 0 Å². The fourth-order valence-electron chi connectivity index (χ4n) is 1.86. The molecule has 0 radical (unpaired) electrons. The Hall–Kier alpha value is -0.690. The smallest absolute Gasteiger partial charge is 0.406 e. The fourth-order valence-corrected chi connectivity index (χ4v) is 2.36. The van der Waals surface area contributed by atoms with Crippen molar-refractivity contribution >= 4 is 23.2 Å². The van der Waals surface area contributed by atoms with E-state index in [1.807, 2.05) is 0 Å². The molecule has 1 aromatic rings. The van der Waals surface area contributed by atoms with Gasteiger partial charge in [-0.05, 0) is 25.0 Å². The molecule has 1 aliphatic rings. The van der Waals surface area contributed by atoms with Crippen LogP contribution in [-0.4, -0.2) is 36.1 Å². The summed E-state index contributed by atoms with van der Waals surface area (Å²) in [5.74, 6) is 0.205. The third-order valence-corrected chi connectivity index (χ3v) is 3.90. The van der Waals surface area contributed by atoms with Crippen LogP contribution in [0.25, 0.3) is 0 Å². The van der Waals surface area contributed by atoms with Gasteiger partial charge in [0.05, 0.1) is 10.0 Å². The molecule has 3 nitrogen and oxygen atoms in total. The van der Waals surface area contributed by atoms with E-state index < -0.39 is 17.8 Å². The Bertz CT molecular complexity index is 486. The molecule has 0 aliphatic heterocycles. The first-order valence-corrected chi connectivity index (χ1v) is 7.07. The van der Waals surface area contributed by atoms with E-state index in [0.717, 1.165) is 0 Å². The van der Waals surface area contributed by atoms with Gasteiger partial charge in [0.2, 0.25) is 0 Å². The number of ether oxygens (including phenoxy) is 1. The van der Waals surface area contributed by atoms with Crippen molar-refractivity contribution in [2.24, 2.45) is 0 Å². The zero-order valence-corrected chi connectivity index (χ0v) is 12.4. The molecule has 118 valence electrons. The predicted octanol–water partition coefficient (Wildman–Crippen LogP) is 3.42. The Balaban J connectivity index is 1.82. The van der Waals surface area contributed by atoms with Crippen LogP contribution in [0.5, 0.6) is 5.75 Å². The lowest BCUT2D eigenvalue weighted by Crippen LogP contribution is -2.48. The summed E-state index contributed by atoms with van der Waals surface area (Å²) in [5, 5.41) is 12.6. The number of hydrogen-bond donors (Lipinski definition) is 2. The van der Waals surface area contributed by atoms with Gasteiger partial charge in [-0.1, -0.05) is 29.3 Å². The molecule has 1 saturated carbocycles. The number of hydrogen-bond acceptors (Lipinski definition) is 3. The molecule has 1 unspecified atom stereocenters. The summed E-state index contributed by atoms with van der Waals surface area (Å²) in [6.07, 6.45) is -5.35. The van der Waals surface area contributed by atoms with Crippen molar-refractivity contribution in [3.63, 3.8) is 0 Å². The summed E-state index contributed by atoms with van der Waals surface area (Å²) in [5.41, 5.74) is -1.85. The van der Waals surface area contributed by atoms with Gasteiger partial charge in [-0.2, -0.15) is 13.2 Å². The van der Waals surface area contributed by atoms with Gasteiger partial charge < -0.3 is 15.2 Å². The number of halogens is 5. The molecule has 1 atom stereocenters. The molecule has 2 N–H and O–H groups in total. The second-order valence-corrected chi connectivity index (χ2v) is 5.79. The summed E-state index contributed by atoms with van der Waals surface area (Å²) < 4.78 is 43.3. The van der Waals surface area contributed by atoms with E-state index in [4.69, 9.17) is 27.9 Å². The molecule has 21 heavy (non-hydrogen) atoms. The molecule has 0 amide bonds. The first-order valence-electron chi connectivity index (χ1n) is 6.32.